The second kappa shape index (κ2) is 7.51. The molecule has 0 spiro atoms. The molecule has 4 heteroatoms. The van der Waals surface area contributed by atoms with E-state index in [9.17, 15) is 4.79 Å². The Hall–Kier alpha value is -1.06. The number of likely N-dealkylation sites (tertiary alicyclic amines) is 1. The average Bonchev–Trinajstić information content (AvgIpc) is 2.41. The summed E-state index contributed by atoms with van der Waals surface area (Å²) >= 11 is 0. The zero-order chi connectivity index (χ0) is 13.0. The maximum atomic E-state index is 12.3. The highest BCUT2D eigenvalue weighted by Crippen LogP contribution is 2.17. The lowest BCUT2D eigenvalue weighted by molar-refractivity contribution is -0.133. The molecule has 1 fully saturated rings. The molecule has 0 aliphatic carbocycles. The lowest BCUT2D eigenvalue weighted by Gasteiger charge is -2.35. The Morgan fingerprint density at radius 2 is 2.00 bits per heavy atom. The predicted octanol–water partition coefficient (Wildman–Crippen LogP) is 2.30. The second-order valence-corrected chi connectivity index (χ2v) is 5.13. The maximum absolute atomic E-state index is 12.3. The Morgan fingerprint density at radius 1 is 1.32 bits per heavy atom. The number of rotatable bonds is 3. The molecule has 0 saturated carbocycles. The third-order valence-electron chi connectivity index (χ3n) is 3.70. The standard InChI is InChI=1S/C15H22N2O.ClH/c1-12-5-7-13(8-6-12)10-15(18)17-9-3-2-4-14(17)11-16;/h5-8,14H,2-4,9-11,16H2,1H3;1H. The fourth-order valence-corrected chi connectivity index (χ4v) is 2.56. The lowest BCUT2D eigenvalue weighted by atomic mass is 10.0. The summed E-state index contributed by atoms with van der Waals surface area (Å²) in [7, 11) is 0. The van der Waals surface area contributed by atoms with Crippen LogP contribution in [0.4, 0.5) is 0 Å². The van der Waals surface area contributed by atoms with Crippen LogP contribution in [0, 0.1) is 6.92 Å². The number of nitrogens with zero attached hydrogens (tertiary/aromatic N) is 1. The van der Waals surface area contributed by atoms with Crippen LogP contribution < -0.4 is 5.73 Å². The SMILES string of the molecule is Cc1ccc(CC(=O)N2CCCCC2CN)cc1.Cl. The Bertz CT molecular complexity index is 405. The van der Waals surface area contributed by atoms with Crippen molar-refractivity contribution in [3.63, 3.8) is 0 Å². The third kappa shape index (κ3) is 4.22. The first-order chi connectivity index (χ1) is 8.70. The highest BCUT2D eigenvalue weighted by molar-refractivity contribution is 5.85. The molecular weight excluding hydrogens is 260 g/mol. The molecule has 1 saturated heterocycles. The van der Waals surface area contributed by atoms with Crippen LogP contribution in [-0.2, 0) is 11.2 Å². The van der Waals surface area contributed by atoms with Crippen molar-refractivity contribution in [2.75, 3.05) is 13.1 Å². The number of nitrogens with two attached hydrogens (primary N) is 1. The predicted molar refractivity (Wildman–Crippen MR) is 80.5 cm³/mol. The molecule has 1 atom stereocenters. The number of amides is 1. The second-order valence-electron chi connectivity index (χ2n) is 5.13. The van der Waals surface area contributed by atoms with Crippen LogP contribution >= 0.6 is 12.4 Å². The number of piperidine rings is 1. The number of carbonyl (C=O) groups is 1. The molecule has 3 nitrogen and oxygen atoms in total. The Labute approximate surface area is 121 Å². The third-order valence-corrected chi connectivity index (χ3v) is 3.70. The Balaban J connectivity index is 0.00000180. The summed E-state index contributed by atoms with van der Waals surface area (Å²) in [5, 5.41) is 0. The van der Waals surface area contributed by atoms with Gasteiger partial charge < -0.3 is 10.6 Å². The van der Waals surface area contributed by atoms with Crippen molar-refractivity contribution in [3.8, 4) is 0 Å². The van der Waals surface area contributed by atoms with Gasteiger partial charge in [-0.25, -0.2) is 0 Å². The van der Waals surface area contributed by atoms with Crippen molar-refractivity contribution < 1.29 is 4.79 Å². The quantitative estimate of drug-likeness (QED) is 0.925. The van der Waals surface area contributed by atoms with E-state index in [-0.39, 0.29) is 24.4 Å². The first-order valence-electron chi connectivity index (χ1n) is 6.76. The number of hydrogen-bond donors (Lipinski definition) is 1. The van der Waals surface area contributed by atoms with E-state index in [1.165, 1.54) is 12.0 Å². The minimum absolute atomic E-state index is 0. The van der Waals surface area contributed by atoms with Gasteiger partial charge in [-0.05, 0) is 31.7 Å². The Morgan fingerprint density at radius 3 is 2.63 bits per heavy atom. The van der Waals surface area contributed by atoms with Crippen molar-refractivity contribution >= 4 is 18.3 Å². The molecule has 106 valence electrons. The summed E-state index contributed by atoms with van der Waals surface area (Å²) in [4.78, 5) is 14.3. The van der Waals surface area contributed by atoms with E-state index in [0.29, 0.717) is 13.0 Å². The van der Waals surface area contributed by atoms with Crippen LogP contribution in [0.1, 0.15) is 30.4 Å². The summed E-state index contributed by atoms with van der Waals surface area (Å²) in [6, 6.07) is 8.43. The van der Waals surface area contributed by atoms with E-state index in [1.54, 1.807) is 0 Å². The number of hydrogen-bond acceptors (Lipinski definition) is 2. The molecule has 1 heterocycles. The van der Waals surface area contributed by atoms with E-state index in [0.717, 1.165) is 24.9 Å². The topological polar surface area (TPSA) is 46.3 Å². The fraction of sp³-hybridized carbons (Fsp3) is 0.533. The van der Waals surface area contributed by atoms with Crippen LogP contribution in [0.5, 0.6) is 0 Å². The molecule has 0 radical (unpaired) electrons. The smallest absolute Gasteiger partial charge is 0.227 e. The number of halogens is 1. The van der Waals surface area contributed by atoms with Crippen LogP contribution in [0.2, 0.25) is 0 Å². The molecule has 0 aromatic heterocycles. The molecule has 1 amide bonds. The highest BCUT2D eigenvalue weighted by atomic mass is 35.5. The van der Waals surface area contributed by atoms with Crippen LogP contribution in [0.25, 0.3) is 0 Å². The molecule has 2 N–H and O–H groups in total. The molecule has 1 aromatic rings. The summed E-state index contributed by atoms with van der Waals surface area (Å²) in [6.07, 6.45) is 3.85. The highest BCUT2D eigenvalue weighted by Gasteiger charge is 2.25. The monoisotopic (exact) mass is 282 g/mol. The molecule has 1 aromatic carbocycles. The van der Waals surface area contributed by atoms with Crippen LogP contribution in [0.3, 0.4) is 0 Å². The van der Waals surface area contributed by atoms with E-state index >= 15 is 0 Å². The number of carbonyl (C=O) groups excluding carboxylic acids is 1. The first-order valence-corrected chi connectivity index (χ1v) is 6.76. The van der Waals surface area contributed by atoms with Gasteiger partial charge in [0.15, 0.2) is 0 Å². The lowest BCUT2D eigenvalue weighted by Crippen LogP contribution is -2.48. The average molecular weight is 283 g/mol. The molecule has 1 aliphatic heterocycles. The van der Waals surface area contributed by atoms with Gasteiger partial charge in [0, 0.05) is 19.1 Å². The minimum Gasteiger partial charge on any atom is -0.338 e. The van der Waals surface area contributed by atoms with Crippen molar-refractivity contribution in [2.24, 2.45) is 5.73 Å². The largest absolute Gasteiger partial charge is 0.338 e. The molecule has 2 rings (SSSR count). The molecule has 19 heavy (non-hydrogen) atoms. The summed E-state index contributed by atoms with van der Waals surface area (Å²) < 4.78 is 0. The fourth-order valence-electron chi connectivity index (χ4n) is 2.56. The van der Waals surface area contributed by atoms with E-state index in [1.807, 2.05) is 17.0 Å². The van der Waals surface area contributed by atoms with E-state index in [2.05, 4.69) is 19.1 Å². The summed E-state index contributed by atoms with van der Waals surface area (Å²) in [5.41, 5.74) is 8.07. The zero-order valence-electron chi connectivity index (χ0n) is 11.5. The molecule has 1 unspecified atom stereocenters. The summed E-state index contributed by atoms with van der Waals surface area (Å²) in [5.74, 6) is 0.217. The van der Waals surface area contributed by atoms with Crippen molar-refractivity contribution in [1.29, 1.82) is 0 Å². The van der Waals surface area contributed by atoms with Gasteiger partial charge in [-0.2, -0.15) is 0 Å². The summed E-state index contributed by atoms with van der Waals surface area (Å²) in [6.45, 7) is 3.51. The molecule has 0 bridgehead atoms. The van der Waals surface area contributed by atoms with Gasteiger partial charge in [0.25, 0.3) is 0 Å². The van der Waals surface area contributed by atoms with E-state index in [4.69, 9.17) is 5.73 Å². The van der Waals surface area contributed by atoms with E-state index < -0.39 is 0 Å². The molecular formula is C15H23ClN2O. The zero-order valence-corrected chi connectivity index (χ0v) is 12.3. The van der Waals surface area contributed by atoms with Gasteiger partial charge >= 0.3 is 0 Å². The van der Waals surface area contributed by atoms with Crippen molar-refractivity contribution in [2.45, 2.75) is 38.6 Å². The van der Waals surface area contributed by atoms with Crippen LogP contribution in [0.15, 0.2) is 24.3 Å². The molecule has 1 aliphatic rings. The van der Waals surface area contributed by atoms with Crippen molar-refractivity contribution in [3.05, 3.63) is 35.4 Å². The Kier molecular flexibility index (Phi) is 6.32. The maximum Gasteiger partial charge on any atom is 0.227 e. The van der Waals surface area contributed by atoms with Gasteiger partial charge in [0.1, 0.15) is 0 Å². The van der Waals surface area contributed by atoms with Gasteiger partial charge in [-0.1, -0.05) is 29.8 Å². The number of benzene rings is 1. The minimum atomic E-state index is 0. The normalized spacial score (nSPS) is 18.8. The van der Waals surface area contributed by atoms with Crippen molar-refractivity contribution in [1.82, 2.24) is 4.90 Å². The van der Waals surface area contributed by atoms with Gasteiger partial charge in [0.05, 0.1) is 6.42 Å². The van der Waals surface area contributed by atoms with Gasteiger partial charge in [0.2, 0.25) is 5.91 Å². The van der Waals surface area contributed by atoms with Crippen LogP contribution in [-0.4, -0.2) is 29.9 Å². The number of aryl methyl sites for hydroxylation is 1. The first kappa shape index (κ1) is 16.0. The van der Waals surface area contributed by atoms with Gasteiger partial charge in [-0.15, -0.1) is 12.4 Å². The van der Waals surface area contributed by atoms with Gasteiger partial charge in [-0.3, -0.25) is 4.79 Å².